The number of alkyl carbamates (subject to hydrolysis) is 1. The van der Waals surface area contributed by atoms with Crippen LogP contribution >= 0.6 is 0 Å². The van der Waals surface area contributed by atoms with Gasteiger partial charge in [-0.05, 0) is 40.0 Å². The number of hydrogen-bond acceptors (Lipinski definition) is 3. The van der Waals surface area contributed by atoms with Crippen LogP contribution in [0.2, 0.25) is 0 Å². The number of ether oxygens (including phenoxy) is 1. The van der Waals surface area contributed by atoms with Crippen molar-refractivity contribution in [2.45, 2.75) is 59.6 Å². The number of carbonyl (C=O) groups excluding carboxylic acids is 2. The van der Waals surface area contributed by atoms with Crippen molar-refractivity contribution in [3.63, 3.8) is 0 Å². The first-order chi connectivity index (χ1) is 9.60. The van der Waals surface area contributed by atoms with Gasteiger partial charge >= 0.3 is 6.09 Å². The molecule has 0 radical (unpaired) electrons. The van der Waals surface area contributed by atoms with Gasteiger partial charge in [0.05, 0.1) is 0 Å². The maximum absolute atomic E-state index is 12.6. The minimum atomic E-state index is -0.570. The Labute approximate surface area is 127 Å². The number of nitrogens with one attached hydrogen (secondary N) is 1. The number of hydrogen-bond donors (Lipinski definition) is 1. The molecule has 0 aromatic carbocycles. The zero-order valence-electron chi connectivity index (χ0n) is 14.0. The first kappa shape index (κ1) is 17.5. The lowest BCUT2D eigenvalue weighted by Crippen LogP contribution is -2.53. The van der Waals surface area contributed by atoms with E-state index < -0.39 is 17.7 Å². The zero-order chi connectivity index (χ0) is 16.2. The highest BCUT2D eigenvalue weighted by Crippen LogP contribution is 2.14. The number of amides is 2. The molecule has 1 atom stereocenters. The van der Waals surface area contributed by atoms with E-state index in [9.17, 15) is 9.59 Å². The van der Waals surface area contributed by atoms with Crippen molar-refractivity contribution in [1.29, 1.82) is 0 Å². The Kier molecular flexibility index (Phi) is 5.81. The number of nitrogens with zero attached hydrogens (tertiary/aromatic N) is 1. The summed E-state index contributed by atoms with van der Waals surface area (Å²) in [5.74, 6) is -0.0282. The summed E-state index contributed by atoms with van der Waals surface area (Å²) in [5.41, 5.74) is 0.619. The summed E-state index contributed by atoms with van der Waals surface area (Å²) >= 11 is 0. The van der Waals surface area contributed by atoms with Crippen molar-refractivity contribution in [3.05, 3.63) is 11.6 Å². The molecule has 0 saturated carbocycles. The van der Waals surface area contributed by atoms with Gasteiger partial charge in [-0.3, -0.25) is 4.79 Å². The van der Waals surface area contributed by atoms with Crippen molar-refractivity contribution >= 4 is 12.0 Å². The minimum Gasteiger partial charge on any atom is -0.444 e. The van der Waals surface area contributed by atoms with Gasteiger partial charge < -0.3 is 15.0 Å². The second-order valence-electron chi connectivity index (χ2n) is 6.97. The van der Waals surface area contributed by atoms with Crippen LogP contribution in [0.25, 0.3) is 0 Å². The number of rotatable bonds is 3. The molecule has 120 valence electrons. The van der Waals surface area contributed by atoms with Gasteiger partial charge in [0, 0.05) is 13.1 Å². The van der Waals surface area contributed by atoms with Crippen LogP contribution in [0.5, 0.6) is 0 Å². The van der Waals surface area contributed by atoms with Crippen LogP contribution in [0.15, 0.2) is 11.6 Å². The molecule has 5 heteroatoms. The SMILES string of the molecule is CC1=CCCN(C(=O)[C@@H](NC(=O)OC(C)(C)C)C(C)C)C1. The highest BCUT2D eigenvalue weighted by molar-refractivity contribution is 5.86. The summed E-state index contributed by atoms with van der Waals surface area (Å²) in [4.78, 5) is 26.3. The van der Waals surface area contributed by atoms with E-state index in [1.165, 1.54) is 5.57 Å². The Morgan fingerprint density at radius 2 is 1.95 bits per heavy atom. The van der Waals surface area contributed by atoms with E-state index in [0.29, 0.717) is 13.1 Å². The van der Waals surface area contributed by atoms with E-state index in [2.05, 4.69) is 11.4 Å². The van der Waals surface area contributed by atoms with Gasteiger partial charge in [0.25, 0.3) is 0 Å². The topological polar surface area (TPSA) is 58.6 Å². The average molecular weight is 296 g/mol. The van der Waals surface area contributed by atoms with Crippen LogP contribution in [0, 0.1) is 5.92 Å². The molecule has 0 aliphatic carbocycles. The van der Waals surface area contributed by atoms with E-state index >= 15 is 0 Å². The first-order valence-corrected chi connectivity index (χ1v) is 7.54. The molecular formula is C16H28N2O3. The minimum absolute atomic E-state index is 0.0104. The summed E-state index contributed by atoms with van der Waals surface area (Å²) in [5, 5.41) is 2.71. The third kappa shape index (κ3) is 5.78. The Bertz CT molecular complexity index is 422. The lowest BCUT2D eigenvalue weighted by atomic mass is 10.0. The molecule has 2 amide bonds. The molecular weight excluding hydrogens is 268 g/mol. The fraction of sp³-hybridized carbons (Fsp3) is 0.750. The van der Waals surface area contributed by atoms with Gasteiger partial charge in [0.15, 0.2) is 0 Å². The summed E-state index contributed by atoms with van der Waals surface area (Å²) in [6.45, 7) is 12.6. The summed E-state index contributed by atoms with van der Waals surface area (Å²) < 4.78 is 5.24. The molecule has 0 aromatic rings. The monoisotopic (exact) mass is 296 g/mol. The second-order valence-corrected chi connectivity index (χ2v) is 6.97. The molecule has 1 rings (SSSR count). The molecule has 0 saturated heterocycles. The molecule has 0 aromatic heterocycles. The molecule has 1 N–H and O–H groups in total. The molecule has 1 heterocycles. The van der Waals surface area contributed by atoms with E-state index in [-0.39, 0.29) is 11.8 Å². The Morgan fingerprint density at radius 1 is 1.33 bits per heavy atom. The fourth-order valence-electron chi connectivity index (χ4n) is 2.24. The number of carbonyl (C=O) groups is 2. The van der Waals surface area contributed by atoms with Crippen molar-refractivity contribution < 1.29 is 14.3 Å². The summed E-state index contributed by atoms with van der Waals surface area (Å²) in [7, 11) is 0. The Morgan fingerprint density at radius 3 is 2.43 bits per heavy atom. The van der Waals surface area contributed by atoms with Gasteiger partial charge in [-0.15, -0.1) is 0 Å². The molecule has 21 heavy (non-hydrogen) atoms. The molecule has 0 fully saturated rings. The van der Waals surface area contributed by atoms with E-state index in [4.69, 9.17) is 4.74 Å². The fourth-order valence-corrected chi connectivity index (χ4v) is 2.24. The predicted molar refractivity (Wildman–Crippen MR) is 82.9 cm³/mol. The lowest BCUT2D eigenvalue weighted by molar-refractivity contribution is -0.134. The molecule has 0 unspecified atom stereocenters. The third-order valence-electron chi connectivity index (χ3n) is 3.25. The first-order valence-electron chi connectivity index (χ1n) is 7.54. The molecule has 1 aliphatic rings. The molecule has 0 spiro atoms. The highest BCUT2D eigenvalue weighted by atomic mass is 16.6. The van der Waals surface area contributed by atoms with Gasteiger partial charge in [-0.1, -0.05) is 25.5 Å². The van der Waals surface area contributed by atoms with Crippen LogP contribution in [0.3, 0.4) is 0 Å². The average Bonchev–Trinajstić information content (AvgIpc) is 2.32. The maximum atomic E-state index is 12.6. The van der Waals surface area contributed by atoms with Gasteiger partial charge in [0.1, 0.15) is 11.6 Å². The smallest absolute Gasteiger partial charge is 0.408 e. The summed E-state index contributed by atoms with van der Waals surface area (Å²) in [6, 6.07) is -0.550. The zero-order valence-corrected chi connectivity index (χ0v) is 14.0. The van der Waals surface area contributed by atoms with Crippen molar-refractivity contribution in [2.24, 2.45) is 5.92 Å². The van der Waals surface area contributed by atoms with E-state index in [1.807, 2.05) is 20.8 Å². The molecule has 5 nitrogen and oxygen atoms in total. The molecule has 0 bridgehead atoms. The quantitative estimate of drug-likeness (QED) is 0.815. The maximum Gasteiger partial charge on any atom is 0.408 e. The Balaban J connectivity index is 2.71. The van der Waals surface area contributed by atoms with E-state index in [1.54, 1.807) is 25.7 Å². The van der Waals surface area contributed by atoms with Crippen LogP contribution in [0.4, 0.5) is 4.79 Å². The van der Waals surface area contributed by atoms with Crippen molar-refractivity contribution in [3.8, 4) is 0 Å². The highest BCUT2D eigenvalue weighted by Gasteiger charge is 2.30. The van der Waals surface area contributed by atoms with Gasteiger partial charge in [-0.2, -0.15) is 0 Å². The summed E-state index contributed by atoms with van der Waals surface area (Å²) in [6.07, 6.45) is 2.48. The van der Waals surface area contributed by atoms with Crippen LogP contribution in [-0.2, 0) is 9.53 Å². The van der Waals surface area contributed by atoms with Crippen LogP contribution in [-0.4, -0.2) is 41.6 Å². The van der Waals surface area contributed by atoms with Crippen LogP contribution in [0.1, 0.15) is 48.0 Å². The second kappa shape index (κ2) is 6.96. The van der Waals surface area contributed by atoms with Crippen molar-refractivity contribution in [1.82, 2.24) is 10.2 Å². The predicted octanol–water partition coefficient (Wildman–Crippen LogP) is 2.71. The lowest BCUT2D eigenvalue weighted by Gasteiger charge is -2.32. The van der Waals surface area contributed by atoms with E-state index in [0.717, 1.165) is 6.42 Å². The van der Waals surface area contributed by atoms with Crippen molar-refractivity contribution in [2.75, 3.05) is 13.1 Å². The third-order valence-corrected chi connectivity index (χ3v) is 3.25. The van der Waals surface area contributed by atoms with Crippen LogP contribution < -0.4 is 5.32 Å². The normalized spacial score (nSPS) is 17.3. The van der Waals surface area contributed by atoms with Gasteiger partial charge in [0.2, 0.25) is 5.91 Å². The van der Waals surface area contributed by atoms with Gasteiger partial charge in [-0.25, -0.2) is 4.79 Å². The standard InChI is InChI=1S/C16H28N2O3/c1-11(2)13(17-15(20)21-16(4,5)6)14(19)18-9-7-8-12(3)10-18/h8,11,13H,7,9-10H2,1-6H3,(H,17,20)/t13-/m0/s1. The largest absolute Gasteiger partial charge is 0.444 e. The molecule has 1 aliphatic heterocycles. The Hall–Kier alpha value is -1.52.